The van der Waals surface area contributed by atoms with Crippen LogP contribution in [-0.4, -0.2) is 15.9 Å². The molecule has 4 heteroatoms. The van der Waals surface area contributed by atoms with E-state index in [4.69, 9.17) is 0 Å². The van der Waals surface area contributed by atoms with Crippen molar-refractivity contribution in [2.75, 3.05) is 11.9 Å². The van der Waals surface area contributed by atoms with Gasteiger partial charge in [-0.2, -0.15) is 4.37 Å². The Labute approximate surface area is 121 Å². The van der Waals surface area contributed by atoms with Gasteiger partial charge in [0.1, 0.15) is 5.82 Å². The molecule has 108 valence electrons. The third kappa shape index (κ3) is 3.91. The van der Waals surface area contributed by atoms with Crippen LogP contribution in [0.15, 0.2) is 0 Å². The Morgan fingerprint density at radius 1 is 1.21 bits per heavy atom. The second-order valence-corrected chi connectivity index (χ2v) is 7.52. The molecule has 0 radical (unpaired) electrons. The molecule has 0 atom stereocenters. The molecule has 1 N–H and O–H groups in total. The summed E-state index contributed by atoms with van der Waals surface area (Å²) in [7, 11) is 0. The summed E-state index contributed by atoms with van der Waals surface area (Å²) in [6.45, 7) is 10.0. The number of aromatic nitrogens is 2. The van der Waals surface area contributed by atoms with Gasteiger partial charge in [0.25, 0.3) is 0 Å². The molecule has 0 spiro atoms. The normalized spacial score (nSPS) is 18.4. The van der Waals surface area contributed by atoms with Crippen LogP contribution >= 0.6 is 11.5 Å². The quantitative estimate of drug-likeness (QED) is 0.822. The highest BCUT2D eigenvalue weighted by atomic mass is 32.1. The zero-order chi connectivity index (χ0) is 13.9. The molecule has 2 rings (SSSR count). The van der Waals surface area contributed by atoms with Gasteiger partial charge in [-0.05, 0) is 30.6 Å². The fourth-order valence-corrected chi connectivity index (χ4v) is 3.95. The van der Waals surface area contributed by atoms with E-state index in [2.05, 4.69) is 42.4 Å². The summed E-state index contributed by atoms with van der Waals surface area (Å²) in [5, 5.41) is 4.55. The number of hydrogen-bond acceptors (Lipinski definition) is 4. The summed E-state index contributed by atoms with van der Waals surface area (Å²) in [6, 6.07) is 0. The van der Waals surface area contributed by atoms with E-state index in [9.17, 15) is 0 Å². The Morgan fingerprint density at radius 2 is 1.89 bits per heavy atom. The van der Waals surface area contributed by atoms with Gasteiger partial charge < -0.3 is 5.32 Å². The minimum absolute atomic E-state index is 0.419. The molecule has 1 fully saturated rings. The molecule has 1 aromatic rings. The van der Waals surface area contributed by atoms with Gasteiger partial charge in [0, 0.05) is 24.0 Å². The summed E-state index contributed by atoms with van der Waals surface area (Å²) in [6.07, 6.45) is 6.85. The fourth-order valence-electron chi connectivity index (χ4n) is 3.25. The topological polar surface area (TPSA) is 37.8 Å². The summed E-state index contributed by atoms with van der Waals surface area (Å²) < 4.78 is 4.41. The lowest BCUT2D eigenvalue weighted by Gasteiger charge is -2.31. The molecule has 1 aliphatic rings. The molecule has 3 nitrogen and oxygen atoms in total. The molecule has 1 aliphatic carbocycles. The molecule has 0 amide bonds. The van der Waals surface area contributed by atoms with Gasteiger partial charge in [-0.25, -0.2) is 4.98 Å². The van der Waals surface area contributed by atoms with Crippen LogP contribution in [0.1, 0.15) is 71.5 Å². The second kappa shape index (κ2) is 6.21. The Hall–Kier alpha value is -0.640. The van der Waals surface area contributed by atoms with Crippen LogP contribution < -0.4 is 5.32 Å². The van der Waals surface area contributed by atoms with Crippen molar-refractivity contribution in [2.45, 2.75) is 65.7 Å². The number of nitrogens with one attached hydrogen (secondary N) is 1. The van der Waals surface area contributed by atoms with Gasteiger partial charge in [-0.3, -0.25) is 0 Å². The van der Waals surface area contributed by atoms with E-state index in [0.717, 1.165) is 23.4 Å². The van der Waals surface area contributed by atoms with Crippen LogP contribution in [0, 0.1) is 11.3 Å². The fraction of sp³-hybridized carbons (Fsp3) is 0.867. The maximum atomic E-state index is 4.58. The van der Waals surface area contributed by atoms with Crippen LogP contribution in [0.4, 0.5) is 5.13 Å². The number of hydrogen-bond donors (Lipinski definition) is 1. The van der Waals surface area contributed by atoms with Gasteiger partial charge in [0.05, 0.1) is 0 Å². The maximum absolute atomic E-state index is 4.58. The molecular formula is C15H27N3S. The number of anilines is 1. The second-order valence-electron chi connectivity index (χ2n) is 6.77. The zero-order valence-corrected chi connectivity index (χ0v) is 13.5. The van der Waals surface area contributed by atoms with Crippen molar-refractivity contribution in [1.29, 1.82) is 0 Å². The molecule has 1 saturated carbocycles. The molecular weight excluding hydrogens is 254 g/mol. The smallest absolute Gasteiger partial charge is 0.202 e. The van der Waals surface area contributed by atoms with Gasteiger partial charge >= 0.3 is 0 Å². The monoisotopic (exact) mass is 281 g/mol. The van der Waals surface area contributed by atoms with Crippen molar-refractivity contribution >= 4 is 16.7 Å². The predicted molar refractivity (Wildman–Crippen MR) is 82.8 cm³/mol. The van der Waals surface area contributed by atoms with Gasteiger partial charge in [-0.1, -0.05) is 40.5 Å². The minimum Gasteiger partial charge on any atom is -0.360 e. The zero-order valence-electron chi connectivity index (χ0n) is 12.7. The highest BCUT2D eigenvalue weighted by Gasteiger charge is 2.34. The standard InChI is InChI=1S/C15H27N3S/c1-11(2)9-15(7-5-6-8-15)10-16-14-17-13(12(3)4)18-19-14/h11-12H,5-10H2,1-4H3,(H,16,17,18). The highest BCUT2D eigenvalue weighted by molar-refractivity contribution is 7.09. The van der Waals surface area contributed by atoms with E-state index in [1.165, 1.54) is 43.6 Å². The third-order valence-electron chi connectivity index (χ3n) is 4.08. The molecule has 0 bridgehead atoms. The predicted octanol–water partition coefficient (Wildman–Crippen LogP) is 4.68. The first-order valence-electron chi connectivity index (χ1n) is 7.58. The van der Waals surface area contributed by atoms with Crippen LogP contribution in [0.25, 0.3) is 0 Å². The van der Waals surface area contributed by atoms with Crippen molar-refractivity contribution in [1.82, 2.24) is 9.36 Å². The third-order valence-corrected chi connectivity index (χ3v) is 4.77. The first kappa shape index (κ1) is 14.8. The molecule has 19 heavy (non-hydrogen) atoms. The summed E-state index contributed by atoms with van der Waals surface area (Å²) in [4.78, 5) is 4.58. The molecule has 0 unspecified atom stereocenters. The van der Waals surface area contributed by atoms with Crippen molar-refractivity contribution in [3.05, 3.63) is 5.82 Å². The molecule has 0 saturated heterocycles. The minimum atomic E-state index is 0.419. The first-order valence-corrected chi connectivity index (χ1v) is 8.36. The first-order chi connectivity index (χ1) is 9.01. The Kier molecular flexibility index (Phi) is 4.82. The van der Waals surface area contributed by atoms with E-state index in [1.807, 2.05) is 0 Å². The van der Waals surface area contributed by atoms with E-state index < -0.39 is 0 Å². The summed E-state index contributed by atoms with van der Waals surface area (Å²) >= 11 is 1.51. The lowest BCUT2D eigenvalue weighted by atomic mass is 9.78. The Morgan fingerprint density at radius 3 is 2.42 bits per heavy atom. The maximum Gasteiger partial charge on any atom is 0.202 e. The largest absolute Gasteiger partial charge is 0.360 e. The summed E-state index contributed by atoms with van der Waals surface area (Å²) in [5.74, 6) is 2.17. The van der Waals surface area contributed by atoms with E-state index >= 15 is 0 Å². The Bertz CT molecular complexity index is 392. The average Bonchev–Trinajstić information content (AvgIpc) is 2.94. The van der Waals surface area contributed by atoms with Crippen LogP contribution in [0.2, 0.25) is 0 Å². The van der Waals surface area contributed by atoms with E-state index in [-0.39, 0.29) is 0 Å². The van der Waals surface area contributed by atoms with Gasteiger partial charge in [0.2, 0.25) is 5.13 Å². The van der Waals surface area contributed by atoms with Crippen molar-refractivity contribution in [2.24, 2.45) is 11.3 Å². The van der Waals surface area contributed by atoms with Crippen molar-refractivity contribution < 1.29 is 0 Å². The van der Waals surface area contributed by atoms with Gasteiger partial charge in [0.15, 0.2) is 0 Å². The number of rotatable bonds is 6. The SMILES string of the molecule is CC(C)CC1(CNc2nc(C(C)C)ns2)CCCC1. The van der Waals surface area contributed by atoms with E-state index in [0.29, 0.717) is 11.3 Å². The Balaban J connectivity index is 1.94. The van der Waals surface area contributed by atoms with Crippen LogP contribution in [-0.2, 0) is 0 Å². The molecule has 0 aromatic carbocycles. The molecule has 1 aromatic heterocycles. The molecule has 1 heterocycles. The average molecular weight is 281 g/mol. The lowest BCUT2D eigenvalue weighted by Crippen LogP contribution is -2.28. The highest BCUT2D eigenvalue weighted by Crippen LogP contribution is 2.43. The summed E-state index contributed by atoms with van der Waals surface area (Å²) in [5.41, 5.74) is 0.498. The van der Waals surface area contributed by atoms with Crippen LogP contribution in [0.5, 0.6) is 0 Å². The van der Waals surface area contributed by atoms with Crippen molar-refractivity contribution in [3.8, 4) is 0 Å². The van der Waals surface area contributed by atoms with Gasteiger partial charge in [-0.15, -0.1) is 0 Å². The van der Waals surface area contributed by atoms with E-state index in [1.54, 1.807) is 0 Å². The molecule has 0 aliphatic heterocycles. The lowest BCUT2D eigenvalue weighted by molar-refractivity contribution is 0.252. The van der Waals surface area contributed by atoms with Crippen LogP contribution in [0.3, 0.4) is 0 Å². The number of nitrogens with zero attached hydrogens (tertiary/aromatic N) is 2. The van der Waals surface area contributed by atoms with Crippen molar-refractivity contribution in [3.63, 3.8) is 0 Å².